The standard InChI is InChI=1S/C13H13N5O/c1-18-12(4-6-16-18)17-13(19)11-7-10(3-2-5-14)8-15-9-11/h4,6-9H,5,14H2,1H3,(H,17,19). The molecule has 2 heterocycles. The predicted octanol–water partition coefficient (Wildman–Crippen LogP) is 0.378. The lowest BCUT2D eigenvalue weighted by atomic mass is 10.2. The second kappa shape index (κ2) is 5.80. The van der Waals surface area contributed by atoms with Crippen molar-refractivity contribution in [3.05, 3.63) is 41.9 Å². The van der Waals surface area contributed by atoms with Crippen LogP contribution in [0.2, 0.25) is 0 Å². The normalized spacial score (nSPS) is 9.58. The Morgan fingerprint density at radius 2 is 2.37 bits per heavy atom. The number of anilines is 1. The zero-order valence-corrected chi connectivity index (χ0v) is 10.4. The van der Waals surface area contributed by atoms with E-state index >= 15 is 0 Å². The molecule has 0 radical (unpaired) electrons. The van der Waals surface area contributed by atoms with Gasteiger partial charge in [0, 0.05) is 31.1 Å². The molecular weight excluding hydrogens is 242 g/mol. The van der Waals surface area contributed by atoms with Crippen LogP contribution in [0.5, 0.6) is 0 Å². The summed E-state index contributed by atoms with van der Waals surface area (Å²) >= 11 is 0. The highest BCUT2D eigenvalue weighted by Gasteiger charge is 2.08. The SMILES string of the molecule is Cn1nccc1NC(=O)c1cncc(C#CCN)c1. The average molecular weight is 255 g/mol. The molecule has 19 heavy (non-hydrogen) atoms. The van der Waals surface area contributed by atoms with Crippen molar-refractivity contribution in [1.82, 2.24) is 14.8 Å². The fraction of sp³-hybridized carbons (Fsp3) is 0.154. The second-order valence-corrected chi connectivity index (χ2v) is 3.76. The molecule has 0 saturated carbocycles. The first kappa shape index (κ1) is 12.8. The zero-order valence-electron chi connectivity index (χ0n) is 10.4. The van der Waals surface area contributed by atoms with Crippen molar-refractivity contribution in [3.63, 3.8) is 0 Å². The van der Waals surface area contributed by atoms with Crippen LogP contribution in [0.3, 0.4) is 0 Å². The number of nitrogens with one attached hydrogen (secondary N) is 1. The number of aryl methyl sites for hydroxylation is 1. The molecule has 0 aliphatic heterocycles. The number of rotatable bonds is 2. The highest BCUT2D eigenvalue weighted by molar-refractivity contribution is 6.03. The fourth-order valence-corrected chi connectivity index (χ4v) is 1.47. The number of nitrogens with zero attached hydrogens (tertiary/aromatic N) is 3. The van der Waals surface area contributed by atoms with Gasteiger partial charge in [0.15, 0.2) is 0 Å². The molecule has 2 aromatic heterocycles. The highest BCUT2D eigenvalue weighted by atomic mass is 16.1. The summed E-state index contributed by atoms with van der Waals surface area (Å²) in [7, 11) is 1.75. The Bertz CT molecular complexity index is 650. The Morgan fingerprint density at radius 1 is 1.53 bits per heavy atom. The van der Waals surface area contributed by atoms with Gasteiger partial charge in [-0.15, -0.1) is 0 Å². The third-order valence-electron chi connectivity index (χ3n) is 2.40. The van der Waals surface area contributed by atoms with Crippen molar-refractivity contribution in [2.24, 2.45) is 12.8 Å². The summed E-state index contributed by atoms with van der Waals surface area (Å²) in [5.74, 6) is 5.91. The molecule has 0 aliphatic rings. The molecule has 0 bridgehead atoms. The molecule has 2 rings (SSSR count). The van der Waals surface area contributed by atoms with Gasteiger partial charge in [-0.25, -0.2) is 0 Å². The topological polar surface area (TPSA) is 85.8 Å². The molecule has 0 aliphatic carbocycles. The van der Waals surface area contributed by atoms with Crippen molar-refractivity contribution < 1.29 is 4.79 Å². The van der Waals surface area contributed by atoms with Gasteiger partial charge in [-0.3, -0.25) is 14.5 Å². The quantitative estimate of drug-likeness (QED) is 0.759. The first-order chi connectivity index (χ1) is 9.20. The van der Waals surface area contributed by atoms with Crippen molar-refractivity contribution >= 4 is 11.7 Å². The maximum absolute atomic E-state index is 12.0. The zero-order chi connectivity index (χ0) is 13.7. The predicted molar refractivity (Wildman–Crippen MR) is 71.3 cm³/mol. The van der Waals surface area contributed by atoms with Gasteiger partial charge in [-0.2, -0.15) is 5.10 Å². The fourth-order valence-electron chi connectivity index (χ4n) is 1.47. The van der Waals surface area contributed by atoms with Gasteiger partial charge < -0.3 is 11.1 Å². The Kier molecular flexibility index (Phi) is 3.90. The van der Waals surface area contributed by atoms with Gasteiger partial charge in [0.1, 0.15) is 5.82 Å². The van der Waals surface area contributed by atoms with Crippen LogP contribution in [0, 0.1) is 11.8 Å². The van der Waals surface area contributed by atoms with E-state index in [9.17, 15) is 4.79 Å². The Labute approximate surface area is 110 Å². The minimum absolute atomic E-state index is 0.257. The minimum atomic E-state index is -0.257. The molecule has 6 nitrogen and oxygen atoms in total. The number of pyridine rings is 1. The van der Waals surface area contributed by atoms with E-state index in [2.05, 4.69) is 27.2 Å². The van der Waals surface area contributed by atoms with Crippen LogP contribution < -0.4 is 11.1 Å². The molecule has 96 valence electrons. The van der Waals surface area contributed by atoms with E-state index in [0.717, 1.165) is 0 Å². The summed E-state index contributed by atoms with van der Waals surface area (Å²) in [6.45, 7) is 0.269. The Hall–Kier alpha value is -2.65. The van der Waals surface area contributed by atoms with Crippen LogP contribution in [-0.2, 0) is 7.05 Å². The highest BCUT2D eigenvalue weighted by Crippen LogP contribution is 2.08. The smallest absolute Gasteiger partial charge is 0.258 e. The van der Waals surface area contributed by atoms with Crippen LogP contribution in [0.4, 0.5) is 5.82 Å². The third kappa shape index (κ3) is 3.18. The molecule has 0 unspecified atom stereocenters. The molecule has 0 aromatic carbocycles. The molecule has 0 fully saturated rings. The summed E-state index contributed by atoms with van der Waals surface area (Å²) in [5, 5.41) is 6.71. The number of hydrogen-bond acceptors (Lipinski definition) is 4. The van der Waals surface area contributed by atoms with Gasteiger partial charge in [-0.1, -0.05) is 11.8 Å². The van der Waals surface area contributed by atoms with Crippen molar-refractivity contribution in [3.8, 4) is 11.8 Å². The third-order valence-corrected chi connectivity index (χ3v) is 2.40. The molecular formula is C13H13N5O. The van der Waals surface area contributed by atoms with E-state index in [1.165, 1.54) is 6.20 Å². The van der Waals surface area contributed by atoms with Crippen LogP contribution in [-0.4, -0.2) is 27.2 Å². The summed E-state index contributed by atoms with van der Waals surface area (Å²) in [4.78, 5) is 16.0. The van der Waals surface area contributed by atoms with Crippen molar-refractivity contribution in [2.75, 3.05) is 11.9 Å². The molecule has 3 N–H and O–H groups in total. The van der Waals surface area contributed by atoms with Gasteiger partial charge in [0.25, 0.3) is 5.91 Å². The van der Waals surface area contributed by atoms with Crippen molar-refractivity contribution in [1.29, 1.82) is 0 Å². The summed E-state index contributed by atoms with van der Waals surface area (Å²) in [6.07, 6.45) is 4.68. The Balaban J connectivity index is 2.17. The molecule has 0 saturated heterocycles. The lowest BCUT2D eigenvalue weighted by Crippen LogP contribution is -2.15. The number of aromatic nitrogens is 3. The number of carbonyl (C=O) groups excluding carboxylic acids is 1. The monoisotopic (exact) mass is 255 g/mol. The number of hydrogen-bond donors (Lipinski definition) is 2. The molecule has 0 spiro atoms. The first-order valence-corrected chi connectivity index (χ1v) is 5.64. The summed E-state index contributed by atoms with van der Waals surface area (Å²) in [6, 6.07) is 3.38. The minimum Gasteiger partial charge on any atom is -0.320 e. The molecule has 6 heteroatoms. The van der Waals surface area contributed by atoms with Crippen molar-refractivity contribution in [2.45, 2.75) is 0 Å². The van der Waals surface area contributed by atoms with Crippen LogP contribution in [0.1, 0.15) is 15.9 Å². The maximum Gasteiger partial charge on any atom is 0.258 e. The van der Waals surface area contributed by atoms with E-state index in [1.807, 2.05) is 0 Å². The molecule has 0 atom stereocenters. The van der Waals surface area contributed by atoms with E-state index in [-0.39, 0.29) is 12.5 Å². The lowest BCUT2D eigenvalue weighted by Gasteiger charge is -2.05. The van der Waals surface area contributed by atoms with Gasteiger partial charge in [-0.05, 0) is 6.07 Å². The maximum atomic E-state index is 12.0. The van der Waals surface area contributed by atoms with E-state index in [4.69, 9.17) is 5.73 Å². The number of carbonyl (C=O) groups is 1. The average Bonchev–Trinajstić information content (AvgIpc) is 2.82. The first-order valence-electron chi connectivity index (χ1n) is 5.64. The van der Waals surface area contributed by atoms with Crippen LogP contribution in [0.15, 0.2) is 30.7 Å². The molecule has 1 amide bonds. The molecule has 2 aromatic rings. The van der Waals surface area contributed by atoms with Crippen LogP contribution >= 0.6 is 0 Å². The lowest BCUT2D eigenvalue weighted by molar-refractivity contribution is 0.102. The van der Waals surface area contributed by atoms with Gasteiger partial charge >= 0.3 is 0 Å². The van der Waals surface area contributed by atoms with E-state index < -0.39 is 0 Å². The van der Waals surface area contributed by atoms with E-state index in [0.29, 0.717) is 16.9 Å². The number of nitrogens with two attached hydrogens (primary N) is 1. The number of amides is 1. The second-order valence-electron chi connectivity index (χ2n) is 3.76. The van der Waals surface area contributed by atoms with Crippen LogP contribution in [0.25, 0.3) is 0 Å². The summed E-state index contributed by atoms with van der Waals surface area (Å²) < 4.78 is 1.57. The summed E-state index contributed by atoms with van der Waals surface area (Å²) in [5.41, 5.74) is 6.39. The van der Waals surface area contributed by atoms with E-state index in [1.54, 1.807) is 36.3 Å². The van der Waals surface area contributed by atoms with Gasteiger partial charge in [0.05, 0.1) is 18.3 Å². The van der Waals surface area contributed by atoms with Gasteiger partial charge in [0.2, 0.25) is 0 Å². The Morgan fingerprint density at radius 3 is 3.05 bits per heavy atom. The largest absolute Gasteiger partial charge is 0.320 e.